The minimum atomic E-state index is -3.53. The third-order valence-electron chi connectivity index (χ3n) is 3.90. The lowest BCUT2D eigenvalue weighted by atomic mass is 9.98. The molecule has 100 valence electrons. The second kappa shape index (κ2) is 4.90. The summed E-state index contributed by atoms with van der Waals surface area (Å²) in [4.78, 5) is 0.120. The summed E-state index contributed by atoms with van der Waals surface area (Å²) in [5.74, 6) is 0.852. The van der Waals surface area contributed by atoms with Gasteiger partial charge in [0, 0.05) is 6.04 Å². The van der Waals surface area contributed by atoms with Crippen LogP contribution in [0.1, 0.15) is 26.7 Å². The normalized spacial score (nSPS) is 28.4. The van der Waals surface area contributed by atoms with Gasteiger partial charge in [0.1, 0.15) is 5.75 Å². The molecule has 2 N–H and O–H groups in total. The fourth-order valence-corrected chi connectivity index (χ4v) is 3.85. The van der Waals surface area contributed by atoms with E-state index in [9.17, 15) is 13.5 Å². The number of aromatic hydroxyl groups is 1. The lowest BCUT2D eigenvalue weighted by Crippen LogP contribution is -2.37. The smallest absolute Gasteiger partial charge is 0.240 e. The van der Waals surface area contributed by atoms with E-state index >= 15 is 0 Å². The molecule has 0 saturated heterocycles. The first kappa shape index (κ1) is 13.4. The molecule has 1 aliphatic rings. The largest absolute Gasteiger partial charge is 0.508 e. The molecule has 5 heteroatoms. The van der Waals surface area contributed by atoms with Crippen LogP contribution in [0.4, 0.5) is 0 Å². The van der Waals surface area contributed by atoms with Crippen molar-refractivity contribution in [3.63, 3.8) is 0 Å². The van der Waals surface area contributed by atoms with Crippen molar-refractivity contribution in [1.29, 1.82) is 0 Å². The van der Waals surface area contributed by atoms with Gasteiger partial charge in [0.25, 0.3) is 0 Å². The van der Waals surface area contributed by atoms with Crippen molar-refractivity contribution in [3.05, 3.63) is 24.3 Å². The maximum Gasteiger partial charge on any atom is 0.240 e. The topological polar surface area (TPSA) is 66.4 Å². The van der Waals surface area contributed by atoms with Crippen molar-refractivity contribution in [2.45, 2.75) is 37.6 Å². The van der Waals surface area contributed by atoms with E-state index in [1.165, 1.54) is 24.3 Å². The van der Waals surface area contributed by atoms with Gasteiger partial charge in [-0.15, -0.1) is 0 Å². The first-order valence-corrected chi connectivity index (χ1v) is 7.70. The average Bonchev–Trinajstić information content (AvgIpc) is 2.61. The van der Waals surface area contributed by atoms with E-state index in [1.807, 2.05) is 0 Å². The average molecular weight is 269 g/mol. The monoisotopic (exact) mass is 269 g/mol. The Bertz CT molecular complexity index is 527. The van der Waals surface area contributed by atoms with Crippen LogP contribution in [0, 0.1) is 11.8 Å². The van der Waals surface area contributed by atoms with E-state index in [2.05, 4.69) is 18.6 Å². The molecule has 1 aromatic rings. The molecular formula is C13H19NO3S. The highest BCUT2D eigenvalue weighted by molar-refractivity contribution is 7.89. The predicted octanol–water partition coefficient (Wildman–Crippen LogP) is 2.11. The summed E-state index contributed by atoms with van der Waals surface area (Å²) in [6.07, 6.45) is 1.93. The number of rotatable bonds is 3. The zero-order valence-corrected chi connectivity index (χ0v) is 11.4. The Morgan fingerprint density at radius 1 is 1.28 bits per heavy atom. The van der Waals surface area contributed by atoms with Crippen molar-refractivity contribution < 1.29 is 13.5 Å². The van der Waals surface area contributed by atoms with Crippen LogP contribution in [0.15, 0.2) is 29.2 Å². The molecule has 0 heterocycles. The summed E-state index contributed by atoms with van der Waals surface area (Å²) in [7, 11) is -3.53. The van der Waals surface area contributed by atoms with E-state index in [-0.39, 0.29) is 16.7 Å². The molecule has 1 fully saturated rings. The van der Waals surface area contributed by atoms with Gasteiger partial charge in [0.2, 0.25) is 10.0 Å². The highest BCUT2D eigenvalue weighted by atomic mass is 32.2. The first-order chi connectivity index (χ1) is 8.40. The minimum absolute atomic E-state index is 0.00708. The Kier molecular flexibility index (Phi) is 3.64. The van der Waals surface area contributed by atoms with Crippen molar-refractivity contribution in [2.75, 3.05) is 0 Å². The van der Waals surface area contributed by atoms with E-state index in [1.54, 1.807) is 0 Å². The van der Waals surface area contributed by atoms with Gasteiger partial charge in [-0.05, 0) is 42.9 Å². The Morgan fingerprint density at radius 3 is 2.56 bits per heavy atom. The summed E-state index contributed by atoms with van der Waals surface area (Å²) in [6, 6.07) is 5.74. The van der Waals surface area contributed by atoms with Crippen LogP contribution in [0.2, 0.25) is 0 Å². The Hall–Kier alpha value is -1.07. The molecule has 4 nitrogen and oxygen atoms in total. The van der Waals surface area contributed by atoms with Gasteiger partial charge in [0.15, 0.2) is 0 Å². The molecule has 0 spiro atoms. The molecule has 0 aromatic heterocycles. The van der Waals surface area contributed by atoms with Crippen molar-refractivity contribution in [2.24, 2.45) is 11.8 Å². The second-order valence-corrected chi connectivity index (χ2v) is 6.85. The van der Waals surface area contributed by atoms with Crippen molar-refractivity contribution in [3.8, 4) is 5.75 Å². The molecule has 18 heavy (non-hydrogen) atoms. The number of hydrogen-bond donors (Lipinski definition) is 2. The van der Waals surface area contributed by atoms with Gasteiger partial charge in [-0.1, -0.05) is 19.9 Å². The number of phenols is 1. The lowest BCUT2D eigenvalue weighted by molar-refractivity contribution is 0.402. The predicted molar refractivity (Wildman–Crippen MR) is 69.8 cm³/mol. The van der Waals surface area contributed by atoms with Crippen LogP contribution in [-0.2, 0) is 10.0 Å². The van der Waals surface area contributed by atoms with Crippen LogP contribution in [0.25, 0.3) is 0 Å². The third-order valence-corrected chi connectivity index (χ3v) is 5.39. The SMILES string of the molecule is CC1CCC(NS(=O)(=O)c2cccc(O)c2)C1C. The molecular weight excluding hydrogens is 250 g/mol. The van der Waals surface area contributed by atoms with E-state index in [4.69, 9.17) is 0 Å². The summed E-state index contributed by atoms with van der Waals surface area (Å²) in [5.41, 5.74) is 0. The van der Waals surface area contributed by atoms with E-state index < -0.39 is 10.0 Å². The van der Waals surface area contributed by atoms with Crippen LogP contribution in [0.5, 0.6) is 5.75 Å². The highest BCUT2D eigenvalue weighted by Gasteiger charge is 2.33. The minimum Gasteiger partial charge on any atom is -0.508 e. The Balaban J connectivity index is 2.18. The molecule has 3 atom stereocenters. The van der Waals surface area contributed by atoms with Crippen LogP contribution in [-0.4, -0.2) is 19.6 Å². The quantitative estimate of drug-likeness (QED) is 0.883. The van der Waals surface area contributed by atoms with Crippen LogP contribution >= 0.6 is 0 Å². The fraction of sp³-hybridized carbons (Fsp3) is 0.538. The standard InChI is InChI=1S/C13H19NO3S/c1-9-6-7-13(10(9)2)14-18(16,17)12-5-3-4-11(15)8-12/h3-5,8-10,13-15H,6-7H2,1-2H3. The summed E-state index contributed by atoms with van der Waals surface area (Å²) >= 11 is 0. The molecule has 1 saturated carbocycles. The zero-order chi connectivity index (χ0) is 13.3. The first-order valence-electron chi connectivity index (χ1n) is 6.21. The summed E-state index contributed by atoms with van der Waals surface area (Å²) < 4.78 is 27.1. The Morgan fingerprint density at radius 2 is 2.00 bits per heavy atom. The van der Waals surface area contributed by atoms with Gasteiger partial charge >= 0.3 is 0 Å². The zero-order valence-electron chi connectivity index (χ0n) is 10.6. The van der Waals surface area contributed by atoms with Gasteiger partial charge in [0.05, 0.1) is 4.90 Å². The molecule has 1 aliphatic carbocycles. The van der Waals surface area contributed by atoms with E-state index in [0.29, 0.717) is 11.8 Å². The number of hydrogen-bond acceptors (Lipinski definition) is 3. The summed E-state index contributed by atoms with van der Waals surface area (Å²) in [5, 5.41) is 9.34. The van der Waals surface area contributed by atoms with E-state index in [0.717, 1.165) is 12.8 Å². The molecule has 0 amide bonds. The summed E-state index contributed by atoms with van der Waals surface area (Å²) in [6.45, 7) is 4.22. The molecule has 1 aromatic carbocycles. The fourth-order valence-electron chi connectivity index (χ4n) is 2.45. The van der Waals surface area contributed by atoms with Gasteiger partial charge < -0.3 is 5.11 Å². The molecule has 0 radical (unpaired) electrons. The van der Waals surface area contributed by atoms with Gasteiger partial charge in [-0.3, -0.25) is 0 Å². The second-order valence-electron chi connectivity index (χ2n) is 5.14. The van der Waals surface area contributed by atoms with Crippen LogP contribution in [0.3, 0.4) is 0 Å². The van der Waals surface area contributed by atoms with Crippen LogP contribution < -0.4 is 4.72 Å². The Labute approximate surface area is 108 Å². The number of nitrogens with one attached hydrogen (secondary N) is 1. The van der Waals surface area contributed by atoms with Crippen molar-refractivity contribution >= 4 is 10.0 Å². The molecule has 0 aliphatic heterocycles. The third kappa shape index (κ3) is 2.67. The van der Waals surface area contributed by atoms with Gasteiger partial charge in [-0.2, -0.15) is 0 Å². The molecule has 2 rings (SSSR count). The van der Waals surface area contributed by atoms with Gasteiger partial charge in [-0.25, -0.2) is 13.1 Å². The number of benzene rings is 1. The lowest BCUT2D eigenvalue weighted by Gasteiger charge is -2.19. The highest BCUT2D eigenvalue weighted by Crippen LogP contribution is 2.32. The number of phenolic OH excluding ortho intramolecular Hbond substituents is 1. The molecule has 0 bridgehead atoms. The van der Waals surface area contributed by atoms with Crippen molar-refractivity contribution in [1.82, 2.24) is 4.72 Å². The number of sulfonamides is 1. The maximum atomic E-state index is 12.2. The maximum absolute atomic E-state index is 12.2. The molecule has 3 unspecified atom stereocenters.